The van der Waals surface area contributed by atoms with Gasteiger partial charge in [-0.25, -0.2) is 0 Å². The summed E-state index contributed by atoms with van der Waals surface area (Å²) in [5.41, 5.74) is 2.72. The molecule has 1 aromatic carbocycles. The van der Waals surface area contributed by atoms with E-state index in [0.29, 0.717) is 31.2 Å². The zero-order valence-electron chi connectivity index (χ0n) is 15.6. The van der Waals surface area contributed by atoms with E-state index in [9.17, 15) is 13.2 Å². The Hall–Kier alpha value is -2.91. The largest absolute Gasteiger partial charge is 0.493 e. The summed E-state index contributed by atoms with van der Waals surface area (Å²) in [5.74, 6) is 0.507. The Bertz CT molecular complexity index is 927. The molecule has 0 unspecified atom stereocenters. The minimum atomic E-state index is -4.62. The van der Waals surface area contributed by atoms with Gasteiger partial charge in [0.25, 0.3) is 0 Å². The fourth-order valence-electron chi connectivity index (χ4n) is 2.75. The molecular weight excluding hydrogens is 377 g/mol. The summed E-state index contributed by atoms with van der Waals surface area (Å²) < 4.78 is 52.3. The van der Waals surface area contributed by atoms with Crippen LogP contribution in [0, 0.1) is 20.8 Å². The molecule has 2 aromatic heterocycles. The van der Waals surface area contributed by atoms with Gasteiger partial charge in [0.2, 0.25) is 11.7 Å². The predicted molar refractivity (Wildman–Crippen MR) is 91.7 cm³/mol. The third kappa shape index (κ3) is 4.68. The predicted octanol–water partition coefficient (Wildman–Crippen LogP) is 4.47. The number of hydrogen-bond acceptors (Lipinski definition) is 7. The van der Waals surface area contributed by atoms with Crippen LogP contribution in [-0.2, 0) is 12.6 Å². The van der Waals surface area contributed by atoms with Crippen LogP contribution in [0.3, 0.4) is 0 Å². The van der Waals surface area contributed by atoms with Crippen LogP contribution in [-0.4, -0.2) is 26.9 Å². The SMILES string of the molecule is Cc1nc(-c2cc(C)c(OCCCCc3noc(C(F)(F)F)n3)c(C)c2)no1. The van der Waals surface area contributed by atoms with Gasteiger partial charge in [-0.15, -0.1) is 0 Å². The summed E-state index contributed by atoms with van der Waals surface area (Å²) in [6.07, 6.45) is -3.11. The highest BCUT2D eigenvalue weighted by molar-refractivity contribution is 5.60. The molecule has 150 valence electrons. The standard InChI is InChI=1S/C18H19F3N4O3/c1-10-8-13(16-22-12(3)27-25-16)9-11(2)15(10)26-7-5-4-6-14-23-17(28-24-14)18(19,20)21/h8-9H,4-7H2,1-3H3. The summed E-state index contributed by atoms with van der Waals surface area (Å²) in [5, 5.41) is 7.25. The number of aryl methyl sites for hydroxylation is 4. The average molecular weight is 396 g/mol. The van der Waals surface area contributed by atoms with E-state index in [1.54, 1.807) is 6.92 Å². The molecule has 0 atom stereocenters. The number of unbranched alkanes of at least 4 members (excludes halogenated alkanes) is 1. The van der Waals surface area contributed by atoms with Crippen molar-refractivity contribution < 1.29 is 27.0 Å². The number of ether oxygens (including phenoxy) is 1. The molecule has 0 aliphatic carbocycles. The summed E-state index contributed by atoms with van der Waals surface area (Å²) in [6.45, 7) is 6.01. The van der Waals surface area contributed by atoms with Gasteiger partial charge in [-0.2, -0.15) is 23.1 Å². The van der Waals surface area contributed by atoms with Crippen LogP contribution in [0.15, 0.2) is 21.2 Å². The van der Waals surface area contributed by atoms with Crippen molar-refractivity contribution in [1.82, 2.24) is 20.3 Å². The molecular formula is C18H19F3N4O3. The first-order valence-electron chi connectivity index (χ1n) is 8.68. The molecule has 0 bridgehead atoms. The van der Waals surface area contributed by atoms with Gasteiger partial charge in [-0.05, 0) is 49.9 Å². The lowest BCUT2D eigenvalue weighted by Crippen LogP contribution is -2.05. The Kier molecular flexibility index (Phi) is 5.66. The molecule has 0 radical (unpaired) electrons. The van der Waals surface area contributed by atoms with Crippen LogP contribution in [0.2, 0.25) is 0 Å². The average Bonchev–Trinajstić information content (AvgIpc) is 3.25. The van der Waals surface area contributed by atoms with Gasteiger partial charge in [-0.1, -0.05) is 10.3 Å². The Morgan fingerprint density at radius 1 is 0.964 bits per heavy atom. The molecule has 2 heterocycles. The lowest BCUT2D eigenvalue weighted by atomic mass is 10.1. The van der Waals surface area contributed by atoms with Gasteiger partial charge in [0.15, 0.2) is 5.82 Å². The minimum Gasteiger partial charge on any atom is -0.493 e. The molecule has 28 heavy (non-hydrogen) atoms. The van der Waals surface area contributed by atoms with Crippen molar-refractivity contribution >= 4 is 0 Å². The van der Waals surface area contributed by atoms with Crippen LogP contribution in [0.4, 0.5) is 13.2 Å². The second-order valence-corrected chi connectivity index (χ2v) is 6.40. The van der Waals surface area contributed by atoms with Crippen molar-refractivity contribution in [3.63, 3.8) is 0 Å². The normalized spacial score (nSPS) is 11.8. The highest BCUT2D eigenvalue weighted by Gasteiger charge is 2.38. The maximum atomic E-state index is 12.4. The van der Waals surface area contributed by atoms with E-state index in [-0.39, 0.29) is 12.2 Å². The molecule has 3 rings (SSSR count). The zero-order valence-corrected chi connectivity index (χ0v) is 15.6. The third-order valence-corrected chi connectivity index (χ3v) is 4.00. The molecule has 0 amide bonds. The monoisotopic (exact) mass is 396 g/mol. The van der Waals surface area contributed by atoms with Crippen LogP contribution in [0.25, 0.3) is 11.4 Å². The fourth-order valence-corrected chi connectivity index (χ4v) is 2.75. The molecule has 0 spiro atoms. The second kappa shape index (κ2) is 7.99. The van der Waals surface area contributed by atoms with Crippen LogP contribution >= 0.6 is 0 Å². The van der Waals surface area contributed by atoms with E-state index in [1.807, 2.05) is 26.0 Å². The molecule has 0 aliphatic rings. The van der Waals surface area contributed by atoms with E-state index in [2.05, 4.69) is 24.8 Å². The van der Waals surface area contributed by atoms with Crippen LogP contribution < -0.4 is 4.74 Å². The molecule has 3 aromatic rings. The lowest BCUT2D eigenvalue weighted by Gasteiger charge is -2.13. The van der Waals surface area contributed by atoms with Crippen molar-refractivity contribution in [1.29, 1.82) is 0 Å². The van der Waals surface area contributed by atoms with Gasteiger partial charge < -0.3 is 13.8 Å². The lowest BCUT2D eigenvalue weighted by molar-refractivity contribution is -0.159. The van der Waals surface area contributed by atoms with Crippen molar-refractivity contribution in [3.8, 4) is 17.1 Å². The number of halogens is 3. The number of aromatic nitrogens is 4. The summed E-state index contributed by atoms with van der Waals surface area (Å²) >= 11 is 0. The summed E-state index contributed by atoms with van der Waals surface area (Å²) in [7, 11) is 0. The maximum Gasteiger partial charge on any atom is 0.471 e. The van der Waals surface area contributed by atoms with E-state index in [1.165, 1.54) is 0 Å². The van der Waals surface area contributed by atoms with E-state index in [4.69, 9.17) is 9.26 Å². The quantitative estimate of drug-likeness (QED) is 0.545. The number of benzene rings is 1. The van der Waals surface area contributed by atoms with Gasteiger partial charge in [0, 0.05) is 18.9 Å². The Morgan fingerprint density at radius 2 is 1.68 bits per heavy atom. The fraction of sp³-hybridized carbons (Fsp3) is 0.444. The first kappa shape index (κ1) is 19.8. The molecule has 10 heteroatoms. The molecule has 0 fully saturated rings. The molecule has 7 nitrogen and oxygen atoms in total. The maximum absolute atomic E-state index is 12.4. The highest BCUT2D eigenvalue weighted by Crippen LogP contribution is 2.29. The van der Waals surface area contributed by atoms with E-state index in [0.717, 1.165) is 22.4 Å². The first-order valence-corrected chi connectivity index (χ1v) is 8.68. The second-order valence-electron chi connectivity index (χ2n) is 6.40. The van der Waals surface area contributed by atoms with Crippen LogP contribution in [0.5, 0.6) is 5.75 Å². The molecule has 0 N–H and O–H groups in total. The van der Waals surface area contributed by atoms with E-state index >= 15 is 0 Å². The molecule has 0 saturated carbocycles. The van der Waals surface area contributed by atoms with Crippen molar-refractivity contribution in [2.24, 2.45) is 0 Å². The van der Waals surface area contributed by atoms with Gasteiger partial charge in [-0.3, -0.25) is 0 Å². The van der Waals surface area contributed by atoms with Crippen molar-refractivity contribution in [2.75, 3.05) is 6.61 Å². The number of alkyl halides is 3. The van der Waals surface area contributed by atoms with Crippen molar-refractivity contribution in [3.05, 3.63) is 40.9 Å². The summed E-state index contributed by atoms with van der Waals surface area (Å²) in [6, 6.07) is 3.84. The first-order chi connectivity index (χ1) is 13.2. The van der Waals surface area contributed by atoms with Gasteiger partial charge in [0.05, 0.1) is 6.61 Å². The Balaban J connectivity index is 1.51. The number of nitrogens with zero attached hydrogens (tertiary/aromatic N) is 4. The summed E-state index contributed by atoms with van der Waals surface area (Å²) in [4.78, 5) is 7.56. The van der Waals surface area contributed by atoms with E-state index < -0.39 is 12.1 Å². The highest BCUT2D eigenvalue weighted by atomic mass is 19.4. The zero-order chi connectivity index (χ0) is 20.3. The van der Waals surface area contributed by atoms with Crippen LogP contribution in [0.1, 0.15) is 41.6 Å². The van der Waals surface area contributed by atoms with Crippen molar-refractivity contribution in [2.45, 2.75) is 46.2 Å². The number of rotatable bonds is 7. The number of hydrogen-bond donors (Lipinski definition) is 0. The smallest absolute Gasteiger partial charge is 0.471 e. The minimum absolute atomic E-state index is 0.0412. The van der Waals surface area contributed by atoms with Gasteiger partial charge >= 0.3 is 12.1 Å². The molecule has 0 aliphatic heterocycles. The third-order valence-electron chi connectivity index (χ3n) is 4.00. The Labute approximate surface area is 158 Å². The topological polar surface area (TPSA) is 87.1 Å². The Morgan fingerprint density at radius 3 is 2.25 bits per heavy atom. The van der Waals surface area contributed by atoms with Gasteiger partial charge in [0.1, 0.15) is 5.75 Å². The molecule has 0 saturated heterocycles.